The highest BCUT2D eigenvalue weighted by Gasteiger charge is 2.23. The third-order valence-corrected chi connectivity index (χ3v) is 4.89. The predicted molar refractivity (Wildman–Crippen MR) is 97.4 cm³/mol. The quantitative estimate of drug-likeness (QED) is 0.718. The molecule has 0 spiro atoms. The molecule has 1 fully saturated rings. The number of aromatic nitrogens is 3. The van der Waals surface area contributed by atoms with Crippen LogP contribution in [-0.4, -0.2) is 40.1 Å². The van der Waals surface area contributed by atoms with Gasteiger partial charge in [0.15, 0.2) is 0 Å². The van der Waals surface area contributed by atoms with E-state index in [9.17, 15) is 0 Å². The Kier molecular flexibility index (Phi) is 4.57. The molecule has 5 nitrogen and oxygen atoms in total. The standard InChI is InChI=1S/C20H22N4O/c1-25-20-22-11-16(12-23-20)14-24-9-7-15(13-24)10-17-6-8-21-19-5-3-2-4-18(17)19/h2-6,8,11-12,15H,7,9-10,13-14H2,1H3/t15-/m0/s1. The second-order valence-corrected chi connectivity index (χ2v) is 6.66. The number of fused-ring (bicyclic) bond motifs is 1. The lowest BCUT2D eigenvalue weighted by atomic mass is 9.96. The molecule has 0 radical (unpaired) electrons. The molecule has 25 heavy (non-hydrogen) atoms. The summed E-state index contributed by atoms with van der Waals surface area (Å²) in [5, 5.41) is 1.28. The summed E-state index contributed by atoms with van der Waals surface area (Å²) in [4.78, 5) is 15.3. The lowest BCUT2D eigenvalue weighted by Crippen LogP contribution is -2.21. The zero-order chi connectivity index (χ0) is 17.1. The number of hydrogen-bond acceptors (Lipinski definition) is 5. The van der Waals surface area contributed by atoms with Crippen LogP contribution in [0.4, 0.5) is 0 Å². The Morgan fingerprint density at radius 3 is 2.80 bits per heavy atom. The molecule has 1 atom stereocenters. The number of para-hydroxylation sites is 1. The van der Waals surface area contributed by atoms with Crippen LogP contribution in [0.1, 0.15) is 17.5 Å². The Morgan fingerprint density at radius 1 is 1.12 bits per heavy atom. The molecule has 0 aliphatic carbocycles. The monoisotopic (exact) mass is 334 g/mol. The van der Waals surface area contributed by atoms with Crippen molar-refractivity contribution in [2.75, 3.05) is 20.2 Å². The summed E-state index contributed by atoms with van der Waals surface area (Å²) in [5.41, 5.74) is 3.63. The molecule has 0 bridgehead atoms. The number of nitrogens with zero attached hydrogens (tertiary/aromatic N) is 4. The lowest BCUT2D eigenvalue weighted by molar-refractivity contribution is 0.314. The van der Waals surface area contributed by atoms with E-state index in [1.54, 1.807) is 7.11 Å². The van der Waals surface area contributed by atoms with Crippen LogP contribution >= 0.6 is 0 Å². The Bertz CT molecular complexity index is 844. The maximum Gasteiger partial charge on any atom is 0.316 e. The van der Waals surface area contributed by atoms with Crippen LogP contribution in [0.25, 0.3) is 10.9 Å². The fourth-order valence-electron chi connectivity index (χ4n) is 3.66. The average Bonchev–Trinajstić information content (AvgIpc) is 3.09. The molecular formula is C20H22N4O. The van der Waals surface area contributed by atoms with Crippen LogP contribution in [0.2, 0.25) is 0 Å². The molecule has 5 heteroatoms. The first-order valence-electron chi connectivity index (χ1n) is 8.72. The maximum absolute atomic E-state index is 5.02. The van der Waals surface area contributed by atoms with Gasteiger partial charge >= 0.3 is 6.01 Å². The van der Waals surface area contributed by atoms with E-state index in [2.05, 4.69) is 44.1 Å². The first-order valence-corrected chi connectivity index (χ1v) is 8.72. The highest BCUT2D eigenvalue weighted by molar-refractivity contribution is 5.81. The minimum absolute atomic E-state index is 0.424. The van der Waals surface area contributed by atoms with Crippen molar-refractivity contribution in [3.05, 3.63) is 60.0 Å². The summed E-state index contributed by atoms with van der Waals surface area (Å²) >= 11 is 0. The minimum atomic E-state index is 0.424. The second-order valence-electron chi connectivity index (χ2n) is 6.66. The van der Waals surface area contributed by atoms with E-state index in [0.717, 1.165) is 37.1 Å². The largest absolute Gasteiger partial charge is 0.467 e. The number of pyridine rings is 1. The van der Waals surface area contributed by atoms with Gasteiger partial charge in [-0.2, -0.15) is 0 Å². The van der Waals surface area contributed by atoms with E-state index in [1.165, 1.54) is 17.4 Å². The lowest BCUT2D eigenvalue weighted by Gasteiger charge is -2.16. The van der Waals surface area contributed by atoms with Gasteiger partial charge in [0.25, 0.3) is 0 Å². The van der Waals surface area contributed by atoms with Crippen molar-refractivity contribution in [3.63, 3.8) is 0 Å². The fraction of sp³-hybridized carbons (Fsp3) is 0.350. The topological polar surface area (TPSA) is 51.1 Å². The predicted octanol–water partition coefficient (Wildman–Crippen LogP) is 3.10. The van der Waals surface area contributed by atoms with E-state index < -0.39 is 0 Å². The van der Waals surface area contributed by atoms with Crippen LogP contribution in [0.15, 0.2) is 48.9 Å². The van der Waals surface area contributed by atoms with Gasteiger partial charge < -0.3 is 4.74 Å². The Hall–Kier alpha value is -2.53. The SMILES string of the molecule is COc1ncc(CN2CC[C@@H](Cc3ccnc4ccccc34)C2)cn1. The van der Waals surface area contributed by atoms with Gasteiger partial charge in [0.05, 0.1) is 12.6 Å². The normalized spacial score (nSPS) is 17.9. The number of rotatable bonds is 5. The molecule has 0 amide bonds. The van der Waals surface area contributed by atoms with Crippen molar-refractivity contribution in [1.29, 1.82) is 0 Å². The highest BCUT2D eigenvalue weighted by Crippen LogP contribution is 2.25. The summed E-state index contributed by atoms with van der Waals surface area (Å²) in [6.45, 7) is 3.14. The van der Waals surface area contributed by atoms with Crippen LogP contribution in [0.3, 0.4) is 0 Å². The van der Waals surface area contributed by atoms with E-state index in [-0.39, 0.29) is 0 Å². The van der Waals surface area contributed by atoms with E-state index >= 15 is 0 Å². The van der Waals surface area contributed by atoms with Crippen molar-refractivity contribution >= 4 is 10.9 Å². The Morgan fingerprint density at radius 2 is 1.96 bits per heavy atom. The van der Waals surface area contributed by atoms with Crippen LogP contribution < -0.4 is 4.74 Å². The number of ether oxygens (including phenoxy) is 1. The van der Waals surface area contributed by atoms with Gasteiger partial charge in [0.2, 0.25) is 0 Å². The second kappa shape index (κ2) is 7.15. The third kappa shape index (κ3) is 3.61. The maximum atomic E-state index is 5.02. The number of hydrogen-bond donors (Lipinski definition) is 0. The fourth-order valence-corrected chi connectivity index (χ4v) is 3.66. The van der Waals surface area contributed by atoms with Gasteiger partial charge in [-0.25, -0.2) is 9.97 Å². The van der Waals surface area contributed by atoms with Crippen LogP contribution in [0, 0.1) is 5.92 Å². The van der Waals surface area contributed by atoms with Crippen molar-refractivity contribution < 1.29 is 4.74 Å². The van der Waals surface area contributed by atoms with Gasteiger partial charge in [0, 0.05) is 42.6 Å². The summed E-state index contributed by atoms with van der Waals surface area (Å²) < 4.78 is 5.02. The summed E-state index contributed by atoms with van der Waals surface area (Å²) in [6, 6.07) is 11.0. The molecule has 0 N–H and O–H groups in total. The molecule has 1 aliphatic heterocycles. The highest BCUT2D eigenvalue weighted by atomic mass is 16.5. The third-order valence-electron chi connectivity index (χ3n) is 4.89. The summed E-state index contributed by atoms with van der Waals surface area (Å²) in [5.74, 6) is 0.685. The molecule has 1 aliphatic rings. The summed E-state index contributed by atoms with van der Waals surface area (Å²) in [7, 11) is 1.59. The summed E-state index contributed by atoms with van der Waals surface area (Å²) in [6.07, 6.45) is 7.98. The minimum Gasteiger partial charge on any atom is -0.467 e. The van der Waals surface area contributed by atoms with Gasteiger partial charge in [0.1, 0.15) is 0 Å². The Labute approximate surface area is 147 Å². The molecule has 1 aromatic carbocycles. The molecule has 4 rings (SSSR count). The van der Waals surface area contributed by atoms with Crippen molar-refractivity contribution in [2.45, 2.75) is 19.4 Å². The molecule has 3 heterocycles. The van der Waals surface area contributed by atoms with Crippen LogP contribution in [-0.2, 0) is 13.0 Å². The van der Waals surface area contributed by atoms with E-state index in [0.29, 0.717) is 11.9 Å². The first-order chi connectivity index (χ1) is 12.3. The zero-order valence-corrected chi connectivity index (χ0v) is 14.4. The van der Waals surface area contributed by atoms with E-state index in [1.807, 2.05) is 24.7 Å². The van der Waals surface area contributed by atoms with Gasteiger partial charge in [-0.1, -0.05) is 18.2 Å². The number of likely N-dealkylation sites (tertiary alicyclic amines) is 1. The smallest absolute Gasteiger partial charge is 0.316 e. The molecule has 2 aromatic heterocycles. The van der Waals surface area contributed by atoms with Crippen molar-refractivity contribution in [1.82, 2.24) is 19.9 Å². The average molecular weight is 334 g/mol. The van der Waals surface area contributed by atoms with Crippen LogP contribution in [0.5, 0.6) is 6.01 Å². The molecule has 0 unspecified atom stereocenters. The van der Waals surface area contributed by atoms with Gasteiger partial charge in [-0.3, -0.25) is 9.88 Å². The van der Waals surface area contributed by atoms with Crippen molar-refractivity contribution in [3.8, 4) is 6.01 Å². The number of methoxy groups -OCH3 is 1. The Balaban J connectivity index is 1.40. The molecule has 1 saturated heterocycles. The first kappa shape index (κ1) is 16.0. The number of benzene rings is 1. The molecule has 0 saturated carbocycles. The van der Waals surface area contributed by atoms with Crippen molar-refractivity contribution in [2.24, 2.45) is 5.92 Å². The molecular weight excluding hydrogens is 312 g/mol. The zero-order valence-electron chi connectivity index (χ0n) is 14.4. The molecule has 128 valence electrons. The van der Waals surface area contributed by atoms with E-state index in [4.69, 9.17) is 4.74 Å². The molecule has 3 aromatic rings. The van der Waals surface area contributed by atoms with Gasteiger partial charge in [-0.05, 0) is 43.0 Å². The van der Waals surface area contributed by atoms with Gasteiger partial charge in [-0.15, -0.1) is 0 Å².